The maximum atomic E-state index is 10.9. The van der Waals surface area contributed by atoms with Crippen LogP contribution in [-0.2, 0) is 0 Å². The summed E-state index contributed by atoms with van der Waals surface area (Å²) in [5, 5.41) is 5.42. The zero-order valence-corrected chi connectivity index (χ0v) is 7.90. The smallest absolute Gasteiger partial charge is 0.315 e. The number of hydrogen-bond donors (Lipinski definition) is 2. The highest BCUT2D eigenvalue weighted by Crippen LogP contribution is 1.77. The molecule has 0 aliphatic carbocycles. The van der Waals surface area contributed by atoms with Gasteiger partial charge >= 0.3 is 6.03 Å². The second-order valence-electron chi connectivity index (χ2n) is 2.73. The number of hydrogen-bond acceptors (Lipinski definition) is 1. The summed E-state index contributed by atoms with van der Waals surface area (Å²) in [6, 6.07) is 0.0603. The van der Waals surface area contributed by atoms with E-state index in [4.69, 9.17) is 0 Å². The molecule has 0 heterocycles. The van der Waals surface area contributed by atoms with Crippen molar-refractivity contribution in [2.24, 2.45) is 0 Å². The summed E-state index contributed by atoms with van der Waals surface area (Å²) in [5.74, 6) is 5.62. The summed E-state index contributed by atoms with van der Waals surface area (Å²) in [4.78, 5) is 10.9. The Morgan fingerprint density at radius 1 is 1.50 bits per heavy atom. The standard InChI is InChI=1S/C9H16N2O/c1-4-5-6-7-10-9(12)11-8(2)3/h8H,6-7H2,1-3H3,(H2,10,11,12). The Bertz CT molecular complexity index is 188. The monoisotopic (exact) mass is 168 g/mol. The van der Waals surface area contributed by atoms with Crippen LogP contribution in [-0.4, -0.2) is 18.6 Å². The van der Waals surface area contributed by atoms with Gasteiger partial charge in [0.2, 0.25) is 0 Å². The second-order valence-corrected chi connectivity index (χ2v) is 2.73. The molecule has 0 aromatic carbocycles. The first kappa shape index (κ1) is 10.8. The van der Waals surface area contributed by atoms with E-state index in [1.807, 2.05) is 13.8 Å². The molecule has 0 aliphatic heterocycles. The zero-order valence-electron chi connectivity index (χ0n) is 7.90. The first-order chi connectivity index (χ1) is 5.66. The van der Waals surface area contributed by atoms with E-state index in [2.05, 4.69) is 22.5 Å². The minimum Gasteiger partial charge on any atom is -0.337 e. The highest BCUT2D eigenvalue weighted by Gasteiger charge is 1.99. The molecular formula is C9H16N2O. The van der Waals surface area contributed by atoms with Gasteiger partial charge in [-0.2, -0.15) is 0 Å². The van der Waals surface area contributed by atoms with E-state index in [0.29, 0.717) is 13.0 Å². The maximum absolute atomic E-state index is 10.9. The van der Waals surface area contributed by atoms with Crippen LogP contribution in [0.1, 0.15) is 27.2 Å². The number of carbonyl (C=O) groups excluding carboxylic acids is 1. The molecule has 0 rings (SSSR count). The Kier molecular flexibility index (Phi) is 5.90. The van der Waals surface area contributed by atoms with Crippen LogP contribution < -0.4 is 10.6 Å². The molecule has 0 unspecified atom stereocenters. The van der Waals surface area contributed by atoms with Crippen molar-refractivity contribution in [2.75, 3.05) is 6.54 Å². The molecule has 2 N–H and O–H groups in total. The quantitative estimate of drug-likeness (QED) is 0.481. The normalized spacial score (nSPS) is 8.67. The van der Waals surface area contributed by atoms with E-state index in [-0.39, 0.29) is 12.1 Å². The lowest BCUT2D eigenvalue weighted by molar-refractivity contribution is 0.239. The van der Waals surface area contributed by atoms with Crippen LogP contribution in [0.3, 0.4) is 0 Å². The second kappa shape index (κ2) is 6.53. The molecule has 0 bridgehead atoms. The van der Waals surface area contributed by atoms with Crippen LogP contribution in [0.15, 0.2) is 0 Å². The Balaban J connectivity index is 3.36. The summed E-state index contributed by atoms with van der Waals surface area (Å²) in [7, 11) is 0. The molecule has 0 radical (unpaired) electrons. The van der Waals surface area contributed by atoms with Crippen molar-refractivity contribution in [1.82, 2.24) is 10.6 Å². The van der Waals surface area contributed by atoms with E-state index in [1.165, 1.54) is 0 Å². The third-order valence-corrected chi connectivity index (χ3v) is 1.13. The van der Waals surface area contributed by atoms with Gasteiger partial charge in [-0.25, -0.2) is 4.79 Å². The minimum absolute atomic E-state index is 0.122. The molecule has 0 aromatic rings. The van der Waals surface area contributed by atoms with Gasteiger partial charge in [0.25, 0.3) is 0 Å². The number of amides is 2. The van der Waals surface area contributed by atoms with E-state index in [9.17, 15) is 4.79 Å². The van der Waals surface area contributed by atoms with Crippen LogP contribution in [0.2, 0.25) is 0 Å². The average molecular weight is 168 g/mol. The van der Waals surface area contributed by atoms with E-state index < -0.39 is 0 Å². The lowest BCUT2D eigenvalue weighted by atomic mass is 10.4. The molecule has 0 aromatic heterocycles. The number of rotatable bonds is 3. The summed E-state index contributed by atoms with van der Waals surface area (Å²) in [6.45, 7) is 6.24. The van der Waals surface area contributed by atoms with Crippen LogP contribution in [0.25, 0.3) is 0 Å². The minimum atomic E-state index is -0.122. The fourth-order valence-electron chi connectivity index (χ4n) is 0.677. The Hall–Kier alpha value is -1.17. The van der Waals surface area contributed by atoms with Crippen molar-refractivity contribution >= 4 is 6.03 Å². The fourth-order valence-corrected chi connectivity index (χ4v) is 0.677. The zero-order chi connectivity index (χ0) is 9.40. The molecule has 0 atom stereocenters. The molecule has 0 saturated carbocycles. The van der Waals surface area contributed by atoms with E-state index in [1.54, 1.807) is 6.92 Å². The molecule has 2 amide bonds. The Labute approximate surface area is 73.9 Å². The van der Waals surface area contributed by atoms with Gasteiger partial charge in [0.1, 0.15) is 0 Å². The molecule has 0 fully saturated rings. The predicted molar refractivity (Wildman–Crippen MR) is 49.7 cm³/mol. The Morgan fingerprint density at radius 2 is 2.17 bits per heavy atom. The number of carbonyl (C=O) groups is 1. The molecule has 68 valence electrons. The van der Waals surface area contributed by atoms with Crippen molar-refractivity contribution in [3.8, 4) is 11.8 Å². The lowest BCUT2D eigenvalue weighted by Crippen LogP contribution is -2.39. The van der Waals surface area contributed by atoms with Gasteiger partial charge in [-0.1, -0.05) is 0 Å². The highest BCUT2D eigenvalue weighted by atomic mass is 16.2. The van der Waals surface area contributed by atoms with Gasteiger partial charge in [0, 0.05) is 19.0 Å². The maximum Gasteiger partial charge on any atom is 0.315 e. The van der Waals surface area contributed by atoms with Crippen molar-refractivity contribution in [3.63, 3.8) is 0 Å². The first-order valence-electron chi connectivity index (χ1n) is 4.10. The van der Waals surface area contributed by atoms with Gasteiger partial charge in [0.15, 0.2) is 0 Å². The largest absolute Gasteiger partial charge is 0.337 e. The van der Waals surface area contributed by atoms with Gasteiger partial charge in [-0.05, 0) is 20.8 Å². The van der Waals surface area contributed by atoms with Crippen molar-refractivity contribution in [3.05, 3.63) is 0 Å². The summed E-state index contributed by atoms with van der Waals surface area (Å²) in [6.07, 6.45) is 0.710. The summed E-state index contributed by atoms with van der Waals surface area (Å²) in [5.41, 5.74) is 0. The van der Waals surface area contributed by atoms with Crippen molar-refractivity contribution in [1.29, 1.82) is 0 Å². The van der Waals surface area contributed by atoms with Crippen molar-refractivity contribution < 1.29 is 4.79 Å². The molecule has 3 nitrogen and oxygen atoms in total. The van der Waals surface area contributed by atoms with Gasteiger partial charge in [0.05, 0.1) is 0 Å². The highest BCUT2D eigenvalue weighted by molar-refractivity contribution is 5.74. The van der Waals surface area contributed by atoms with E-state index >= 15 is 0 Å². The molecule has 0 saturated heterocycles. The SMILES string of the molecule is CC#CCCNC(=O)NC(C)C. The van der Waals surface area contributed by atoms with Gasteiger partial charge in [-0.15, -0.1) is 11.8 Å². The van der Waals surface area contributed by atoms with Gasteiger partial charge in [-0.3, -0.25) is 0 Å². The van der Waals surface area contributed by atoms with Gasteiger partial charge < -0.3 is 10.6 Å². The van der Waals surface area contributed by atoms with Crippen molar-refractivity contribution in [2.45, 2.75) is 33.2 Å². The predicted octanol–water partition coefficient (Wildman–Crippen LogP) is 1.11. The van der Waals surface area contributed by atoms with Crippen LogP contribution in [0.5, 0.6) is 0 Å². The molecular weight excluding hydrogens is 152 g/mol. The molecule has 0 spiro atoms. The lowest BCUT2D eigenvalue weighted by Gasteiger charge is -2.08. The number of nitrogens with one attached hydrogen (secondary N) is 2. The average Bonchev–Trinajstić information content (AvgIpc) is 1.97. The van der Waals surface area contributed by atoms with E-state index in [0.717, 1.165) is 0 Å². The molecule has 0 aliphatic rings. The third kappa shape index (κ3) is 6.94. The molecule has 3 heteroatoms. The topological polar surface area (TPSA) is 41.1 Å². The summed E-state index contributed by atoms with van der Waals surface area (Å²) >= 11 is 0. The molecule has 12 heavy (non-hydrogen) atoms. The Morgan fingerprint density at radius 3 is 2.67 bits per heavy atom. The summed E-state index contributed by atoms with van der Waals surface area (Å²) < 4.78 is 0. The van der Waals surface area contributed by atoms with Crippen LogP contribution >= 0.6 is 0 Å². The first-order valence-corrected chi connectivity index (χ1v) is 4.10. The van der Waals surface area contributed by atoms with Crippen LogP contribution in [0, 0.1) is 11.8 Å². The fraction of sp³-hybridized carbons (Fsp3) is 0.667. The van der Waals surface area contributed by atoms with Crippen LogP contribution in [0.4, 0.5) is 4.79 Å². The third-order valence-electron chi connectivity index (χ3n) is 1.13. The number of urea groups is 1.